The van der Waals surface area contributed by atoms with E-state index < -0.39 is 16.0 Å². The molecule has 2 aliphatic rings. The van der Waals surface area contributed by atoms with E-state index in [4.69, 9.17) is 0 Å². The summed E-state index contributed by atoms with van der Waals surface area (Å²) in [4.78, 5) is 2.30. The molecular weight excluding hydrogens is 353 g/mol. The van der Waals surface area contributed by atoms with E-state index in [9.17, 15) is 12.8 Å². The van der Waals surface area contributed by atoms with Crippen molar-refractivity contribution in [3.8, 4) is 0 Å². The van der Waals surface area contributed by atoms with Crippen molar-refractivity contribution in [2.45, 2.75) is 19.3 Å². The second-order valence-corrected chi connectivity index (χ2v) is 8.39. The van der Waals surface area contributed by atoms with Gasteiger partial charge in [-0.2, -0.15) is 8.42 Å². The number of rotatable bonds is 4. The van der Waals surface area contributed by atoms with Gasteiger partial charge in [0.15, 0.2) is 0 Å². The molecule has 0 N–H and O–H groups in total. The van der Waals surface area contributed by atoms with E-state index in [0.717, 1.165) is 30.2 Å². The highest BCUT2D eigenvalue weighted by molar-refractivity contribution is 7.95. The molecule has 2 aliphatic heterocycles. The van der Waals surface area contributed by atoms with Crippen LogP contribution in [0, 0.1) is 5.82 Å². The van der Waals surface area contributed by atoms with Crippen LogP contribution in [0.3, 0.4) is 0 Å². The van der Waals surface area contributed by atoms with Gasteiger partial charge in [0.1, 0.15) is 5.82 Å². The van der Waals surface area contributed by atoms with Crippen LogP contribution < -0.4 is 8.61 Å². The van der Waals surface area contributed by atoms with Gasteiger partial charge in [0, 0.05) is 13.1 Å². The van der Waals surface area contributed by atoms with Crippen LogP contribution in [0.5, 0.6) is 0 Å². The van der Waals surface area contributed by atoms with E-state index in [-0.39, 0.29) is 5.69 Å². The number of fused-ring (bicyclic) bond motifs is 1. The second kappa shape index (κ2) is 6.89. The zero-order valence-electron chi connectivity index (χ0n) is 14.5. The molecular formula is C19H22FN3O2S. The van der Waals surface area contributed by atoms with E-state index >= 15 is 0 Å². The predicted molar refractivity (Wildman–Crippen MR) is 102 cm³/mol. The van der Waals surface area contributed by atoms with Crippen molar-refractivity contribution < 1.29 is 12.8 Å². The van der Waals surface area contributed by atoms with Crippen LogP contribution in [-0.4, -0.2) is 39.5 Å². The molecule has 1 fully saturated rings. The Hall–Kier alpha value is -2.12. The monoisotopic (exact) mass is 375 g/mol. The number of hydrogen-bond acceptors (Lipinski definition) is 3. The zero-order valence-corrected chi connectivity index (χ0v) is 15.3. The van der Waals surface area contributed by atoms with Crippen molar-refractivity contribution in [3.63, 3.8) is 0 Å². The molecule has 0 radical (unpaired) electrons. The summed E-state index contributed by atoms with van der Waals surface area (Å²) in [5, 5.41) is 0. The van der Waals surface area contributed by atoms with E-state index in [0.29, 0.717) is 24.5 Å². The summed E-state index contributed by atoms with van der Waals surface area (Å²) in [5.74, 6) is -0.552. The standard InChI is InChI=1S/C19H22FN3O2S/c20-16-8-2-3-9-17(16)23-19-11-5-4-10-18(19)22(26(23,24)25)15-14-21-12-6-1-7-13-21/h2-5,8-11H,1,6-7,12-15H2. The average molecular weight is 375 g/mol. The lowest BCUT2D eigenvalue weighted by Crippen LogP contribution is -2.42. The summed E-state index contributed by atoms with van der Waals surface area (Å²) in [6.07, 6.45) is 3.55. The Morgan fingerprint density at radius 2 is 1.42 bits per heavy atom. The maximum Gasteiger partial charge on any atom is 0.331 e. The van der Waals surface area contributed by atoms with Gasteiger partial charge in [0.25, 0.3) is 0 Å². The Balaban J connectivity index is 1.68. The second-order valence-electron chi connectivity index (χ2n) is 6.69. The summed E-state index contributed by atoms with van der Waals surface area (Å²) < 4.78 is 43.4. The van der Waals surface area contributed by atoms with Gasteiger partial charge in [-0.15, -0.1) is 0 Å². The van der Waals surface area contributed by atoms with Gasteiger partial charge >= 0.3 is 10.2 Å². The fourth-order valence-corrected chi connectivity index (χ4v) is 5.43. The number of halogens is 1. The lowest BCUT2D eigenvalue weighted by molar-refractivity contribution is 0.235. The van der Waals surface area contributed by atoms with Crippen molar-refractivity contribution in [1.29, 1.82) is 0 Å². The Labute approximate surface area is 153 Å². The van der Waals surface area contributed by atoms with Gasteiger partial charge in [0.05, 0.1) is 17.1 Å². The van der Waals surface area contributed by atoms with Crippen LogP contribution in [0.4, 0.5) is 21.5 Å². The first-order chi connectivity index (χ1) is 12.6. The summed E-state index contributed by atoms with van der Waals surface area (Å²) in [5.41, 5.74) is 1.16. The Morgan fingerprint density at radius 3 is 2.12 bits per heavy atom. The summed E-state index contributed by atoms with van der Waals surface area (Å²) >= 11 is 0. The third-order valence-corrected chi connectivity index (χ3v) is 6.81. The largest absolute Gasteiger partial charge is 0.331 e. The molecule has 0 bridgehead atoms. The fourth-order valence-electron chi connectivity index (χ4n) is 3.72. The van der Waals surface area contributed by atoms with Crippen molar-refractivity contribution in [2.24, 2.45) is 0 Å². The zero-order chi connectivity index (χ0) is 18.1. The van der Waals surface area contributed by atoms with Gasteiger partial charge in [0.2, 0.25) is 0 Å². The molecule has 2 aromatic rings. The number of likely N-dealkylation sites (tertiary alicyclic amines) is 1. The number of piperidine rings is 1. The number of hydrogen-bond donors (Lipinski definition) is 0. The average Bonchev–Trinajstić information content (AvgIpc) is 2.87. The first-order valence-electron chi connectivity index (χ1n) is 8.98. The normalized spacial score (nSPS) is 19.6. The molecule has 0 aromatic heterocycles. The van der Waals surface area contributed by atoms with Crippen LogP contribution in [0.2, 0.25) is 0 Å². The van der Waals surface area contributed by atoms with Gasteiger partial charge in [-0.1, -0.05) is 30.7 Å². The van der Waals surface area contributed by atoms with Gasteiger partial charge < -0.3 is 4.90 Å². The quantitative estimate of drug-likeness (QED) is 0.821. The molecule has 138 valence electrons. The van der Waals surface area contributed by atoms with E-state index in [1.54, 1.807) is 30.3 Å². The molecule has 5 nitrogen and oxygen atoms in total. The van der Waals surface area contributed by atoms with Gasteiger partial charge in [-0.25, -0.2) is 13.0 Å². The topological polar surface area (TPSA) is 43.9 Å². The van der Waals surface area contributed by atoms with Gasteiger partial charge in [-0.05, 0) is 50.2 Å². The van der Waals surface area contributed by atoms with E-state index in [1.165, 1.54) is 22.9 Å². The molecule has 0 saturated carbocycles. The Morgan fingerprint density at radius 1 is 0.808 bits per heavy atom. The van der Waals surface area contributed by atoms with Crippen LogP contribution in [0.15, 0.2) is 48.5 Å². The lowest BCUT2D eigenvalue weighted by Gasteiger charge is -2.29. The van der Waals surface area contributed by atoms with Gasteiger partial charge in [-0.3, -0.25) is 0 Å². The molecule has 0 amide bonds. The molecule has 2 aromatic carbocycles. The maximum absolute atomic E-state index is 14.3. The first kappa shape index (κ1) is 17.3. The number of para-hydroxylation sites is 3. The molecule has 0 unspecified atom stereocenters. The lowest BCUT2D eigenvalue weighted by atomic mass is 10.1. The maximum atomic E-state index is 14.3. The molecule has 7 heteroatoms. The third-order valence-electron chi connectivity index (χ3n) is 5.02. The van der Waals surface area contributed by atoms with Crippen LogP contribution in [0.25, 0.3) is 0 Å². The minimum atomic E-state index is -3.86. The molecule has 26 heavy (non-hydrogen) atoms. The van der Waals surface area contributed by atoms with Crippen LogP contribution >= 0.6 is 0 Å². The van der Waals surface area contributed by atoms with Crippen LogP contribution in [0.1, 0.15) is 19.3 Å². The highest BCUT2D eigenvalue weighted by atomic mass is 32.2. The molecule has 1 saturated heterocycles. The van der Waals surface area contributed by atoms with E-state index in [2.05, 4.69) is 4.90 Å². The summed E-state index contributed by atoms with van der Waals surface area (Å²) in [7, 11) is -3.86. The molecule has 0 atom stereocenters. The number of benzene rings is 2. The third kappa shape index (κ3) is 2.95. The number of nitrogens with zero attached hydrogens (tertiary/aromatic N) is 3. The summed E-state index contributed by atoms with van der Waals surface area (Å²) in [6.45, 7) is 3.06. The molecule has 0 aliphatic carbocycles. The van der Waals surface area contributed by atoms with Crippen LogP contribution in [-0.2, 0) is 10.2 Å². The predicted octanol–water partition coefficient (Wildman–Crippen LogP) is 3.51. The minimum Gasteiger partial charge on any atom is -0.302 e. The SMILES string of the molecule is O=S1(=O)N(CCN2CCCCC2)c2ccccc2N1c1ccccc1F. The molecule has 4 rings (SSSR count). The van der Waals surface area contributed by atoms with Crippen molar-refractivity contribution in [2.75, 3.05) is 34.8 Å². The Kier molecular flexibility index (Phi) is 4.58. The smallest absolute Gasteiger partial charge is 0.302 e. The molecule has 0 spiro atoms. The fraction of sp³-hybridized carbons (Fsp3) is 0.368. The van der Waals surface area contributed by atoms with Crippen molar-refractivity contribution in [3.05, 3.63) is 54.3 Å². The number of anilines is 3. The minimum absolute atomic E-state index is 0.0559. The van der Waals surface area contributed by atoms with Crippen molar-refractivity contribution >= 4 is 27.3 Å². The summed E-state index contributed by atoms with van der Waals surface area (Å²) in [6, 6.07) is 13.1. The van der Waals surface area contributed by atoms with Crippen molar-refractivity contribution in [1.82, 2.24) is 4.90 Å². The molecule has 2 heterocycles. The van der Waals surface area contributed by atoms with E-state index in [1.807, 2.05) is 6.07 Å². The highest BCUT2D eigenvalue weighted by Gasteiger charge is 2.42. The Bertz CT molecular complexity index is 897. The highest BCUT2D eigenvalue weighted by Crippen LogP contribution is 2.45. The first-order valence-corrected chi connectivity index (χ1v) is 10.4.